The zero-order valence-electron chi connectivity index (χ0n) is 16.2. The molecule has 1 aromatic carbocycles. The molecule has 1 aromatic rings. The van der Waals surface area contributed by atoms with Crippen LogP contribution in [0.15, 0.2) is 18.2 Å². The second kappa shape index (κ2) is 6.98. The molecule has 1 aliphatic rings. The fourth-order valence-electron chi connectivity index (χ4n) is 3.09. The quantitative estimate of drug-likeness (QED) is 0.509. The number of para-hydroxylation sites is 1. The second-order valence-corrected chi connectivity index (χ2v) is 13.5. The van der Waals surface area contributed by atoms with Crippen molar-refractivity contribution in [1.82, 2.24) is 0 Å². The first-order chi connectivity index (χ1) is 10.6. The van der Waals surface area contributed by atoms with Gasteiger partial charge in [-0.1, -0.05) is 39.0 Å². The minimum absolute atomic E-state index is 0.301. The molecule has 0 unspecified atom stereocenters. The first kappa shape index (κ1) is 18.5. The van der Waals surface area contributed by atoms with E-state index in [2.05, 4.69) is 70.8 Å². The normalized spacial score (nSPS) is 15.4. The van der Waals surface area contributed by atoms with Crippen molar-refractivity contribution in [2.45, 2.75) is 78.1 Å². The molecule has 0 bridgehead atoms. The van der Waals surface area contributed by atoms with Crippen molar-refractivity contribution in [1.29, 1.82) is 0 Å². The molecule has 0 radical (unpaired) electrons. The molecule has 3 heteroatoms. The zero-order chi connectivity index (χ0) is 17.3. The van der Waals surface area contributed by atoms with E-state index >= 15 is 0 Å². The molecule has 1 heterocycles. The Bertz CT molecular complexity index is 531. The summed E-state index contributed by atoms with van der Waals surface area (Å²) in [5.74, 6) is 0. The summed E-state index contributed by atoms with van der Waals surface area (Å²) in [6.07, 6.45) is 3.44. The average molecular weight is 334 g/mol. The maximum Gasteiger partial charge on any atom is 0.191 e. The molecular weight excluding hydrogens is 298 g/mol. The number of benzene rings is 1. The van der Waals surface area contributed by atoms with E-state index in [1.165, 1.54) is 29.8 Å². The number of nitrogens with zero attached hydrogens (tertiary/aromatic N) is 1. The van der Waals surface area contributed by atoms with Gasteiger partial charge in [-0.15, -0.1) is 0 Å². The molecule has 130 valence electrons. The van der Waals surface area contributed by atoms with Crippen LogP contribution in [-0.2, 0) is 17.3 Å². The van der Waals surface area contributed by atoms with Crippen LogP contribution >= 0.6 is 0 Å². The summed E-state index contributed by atoms with van der Waals surface area (Å²) in [6.45, 7) is 18.3. The predicted octanol–water partition coefficient (Wildman–Crippen LogP) is 5.41. The smallest absolute Gasteiger partial charge is 0.191 e. The first-order valence-electron chi connectivity index (χ1n) is 9.15. The summed E-state index contributed by atoms with van der Waals surface area (Å²) in [5, 5.41) is 0.301. The van der Waals surface area contributed by atoms with E-state index in [4.69, 9.17) is 4.43 Å². The molecule has 0 aromatic heterocycles. The van der Waals surface area contributed by atoms with Gasteiger partial charge in [-0.05, 0) is 62.4 Å². The highest BCUT2D eigenvalue weighted by Gasteiger charge is 2.36. The summed E-state index contributed by atoms with van der Waals surface area (Å²) in [5.41, 5.74) is 4.55. The van der Waals surface area contributed by atoms with Gasteiger partial charge in [0.1, 0.15) is 0 Å². The van der Waals surface area contributed by atoms with Crippen LogP contribution < -0.4 is 4.90 Å². The van der Waals surface area contributed by atoms with Crippen molar-refractivity contribution in [3.8, 4) is 0 Å². The van der Waals surface area contributed by atoms with Gasteiger partial charge < -0.3 is 9.33 Å². The molecule has 2 rings (SSSR count). The van der Waals surface area contributed by atoms with Crippen LogP contribution in [0.4, 0.5) is 5.69 Å². The SMILES string of the molecule is CC(C)N1CCc2cccc(CCCO[Si](C)(C)C(C)(C)C)c21. The van der Waals surface area contributed by atoms with E-state index in [0.29, 0.717) is 11.1 Å². The Balaban J connectivity index is 1.97. The van der Waals surface area contributed by atoms with Gasteiger partial charge in [-0.25, -0.2) is 0 Å². The van der Waals surface area contributed by atoms with Crippen molar-refractivity contribution in [2.24, 2.45) is 0 Å². The van der Waals surface area contributed by atoms with Crippen molar-refractivity contribution in [3.05, 3.63) is 29.3 Å². The van der Waals surface area contributed by atoms with Gasteiger partial charge in [0.2, 0.25) is 0 Å². The number of anilines is 1. The average Bonchev–Trinajstić information content (AvgIpc) is 2.87. The van der Waals surface area contributed by atoms with Crippen molar-refractivity contribution >= 4 is 14.0 Å². The molecule has 23 heavy (non-hydrogen) atoms. The molecule has 0 saturated carbocycles. The minimum Gasteiger partial charge on any atom is -0.417 e. The van der Waals surface area contributed by atoms with Gasteiger partial charge in [-0.2, -0.15) is 0 Å². The third-order valence-corrected chi connectivity index (χ3v) is 10.1. The fraction of sp³-hybridized carbons (Fsp3) is 0.700. The van der Waals surface area contributed by atoms with Crippen LogP contribution in [0.3, 0.4) is 0 Å². The highest BCUT2D eigenvalue weighted by atomic mass is 28.4. The zero-order valence-corrected chi connectivity index (χ0v) is 17.2. The summed E-state index contributed by atoms with van der Waals surface area (Å²) >= 11 is 0. The van der Waals surface area contributed by atoms with E-state index in [0.717, 1.165) is 19.4 Å². The Labute approximate surface area is 144 Å². The van der Waals surface area contributed by atoms with Crippen molar-refractivity contribution in [3.63, 3.8) is 0 Å². The molecule has 0 fully saturated rings. The summed E-state index contributed by atoms with van der Waals surface area (Å²) in [7, 11) is -1.61. The summed E-state index contributed by atoms with van der Waals surface area (Å²) < 4.78 is 6.33. The predicted molar refractivity (Wildman–Crippen MR) is 104 cm³/mol. The lowest BCUT2D eigenvalue weighted by molar-refractivity contribution is 0.282. The molecular formula is C20H35NOSi. The molecule has 0 amide bonds. The highest BCUT2D eigenvalue weighted by molar-refractivity contribution is 6.74. The maximum absolute atomic E-state index is 6.33. The molecule has 0 aliphatic carbocycles. The van der Waals surface area contributed by atoms with Crippen LogP contribution in [0.25, 0.3) is 0 Å². The molecule has 0 spiro atoms. The Kier molecular flexibility index (Phi) is 5.62. The molecule has 2 nitrogen and oxygen atoms in total. The Morgan fingerprint density at radius 2 is 1.91 bits per heavy atom. The van der Waals surface area contributed by atoms with Gasteiger partial charge in [-0.3, -0.25) is 0 Å². The van der Waals surface area contributed by atoms with Crippen LogP contribution in [0.2, 0.25) is 18.1 Å². The van der Waals surface area contributed by atoms with Crippen molar-refractivity contribution < 1.29 is 4.43 Å². The number of aryl methyl sites for hydroxylation is 1. The topological polar surface area (TPSA) is 12.5 Å². The monoisotopic (exact) mass is 333 g/mol. The highest BCUT2D eigenvalue weighted by Crippen LogP contribution is 2.37. The Morgan fingerprint density at radius 1 is 1.22 bits per heavy atom. The standard InChI is InChI=1S/C20H35NOSi/c1-16(2)21-14-13-18-11-8-10-17(19(18)21)12-9-15-22-23(6,7)20(3,4)5/h8,10-11,16H,9,12-15H2,1-7H3. The van der Waals surface area contributed by atoms with E-state index in [9.17, 15) is 0 Å². The lowest BCUT2D eigenvalue weighted by Crippen LogP contribution is -2.41. The fourth-order valence-corrected chi connectivity index (χ4v) is 4.18. The van der Waals surface area contributed by atoms with Crippen LogP contribution in [0, 0.1) is 0 Å². The third kappa shape index (κ3) is 4.19. The number of hydrogen-bond donors (Lipinski definition) is 0. The second-order valence-electron chi connectivity index (χ2n) is 8.67. The van der Waals surface area contributed by atoms with E-state index < -0.39 is 8.32 Å². The van der Waals surface area contributed by atoms with E-state index in [1.54, 1.807) is 0 Å². The third-order valence-electron chi connectivity index (χ3n) is 5.60. The van der Waals surface area contributed by atoms with Gasteiger partial charge in [0, 0.05) is 24.9 Å². The molecule has 0 saturated heterocycles. The van der Waals surface area contributed by atoms with E-state index in [1.807, 2.05) is 0 Å². The number of hydrogen-bond acceptors (Lipinski definition) is 2. The maximum atomic E-state index is 6.33. The number of fused-ring (bicyclic) bond motifs is 1. The van der Waals surface area contributed by atoms with Crippen LogP contribution in [0.1, 0.15) is 52.2 Å². The lowest BCUT2D eigenvalue weighted by Gasteiger charge is -2.36. The van der Waals surface area contributed by atoms with Crippen LogP contribution in [0.5, 0.6) is 0 Å². The summed E-state index contributed by atoms with van der Waals surface area (Å²) in [4.78, 5) is 2.57. The van der Waals surface area contributed by atoms with E-state index in [-0.39, 0.29) is 0 Å². The lowest BCUT2D eigenvalue weighted by atomic mass is 10.0. The first-order valence-corrected chi connectivity index (χ1v) is 12.1. The Morgan fingerprint density at radius 3 is 2.52 bits per heavy atom. The molecule has 0 atom stereocenters. The summed E-state index contributed by atoms with van der Waals surface area (Å²) in [6, 6.07) is 7.42. The van der Waals surface area contributed by atoms with Crippen LogP contribution in [-0.4, -0.2) is 27.5 Å². The Hall–Kier alpha value is -0.803. The largest absolute Gasteiger partial charge is 0.417 e. The minimum atomic E-state index is -1.61. The molecule has 1 aliphatic heterocycles. The van der Waals surface area contributed by atoms with Gasteiger partial charge in [0.25, 0.3) is 0 Å². The van der Waals surface area contributed by atoms with Gasteiger partial charge in [0.15, 0.2) is 8.32 Å². The van der Waals surface area contributed by atoms with Gasteiger partial charge >= 0.3 is 0 Å². The van der Waals surface area contributed by atoms with Gasteiger partial charge in [0.05, 0.1) is 0 Å². The van der Waals surface area contributed by atoms with Crippen molar-refractivity contribution in [2.75, 3.05) is 18.1 Å². The molecule has 0 N–H and O–H groups in total. The number of rotatable bonds is 6.